The van der Waals surface area contributed by atoms with E-state index in [-0.39, 0.29) is 17.8 Å². The lowest BCUT2D eigenvalue weighted by Crippen LogP contribution is -2.33. The van der Waals surface area contributed by atoms with E-state index in [4.69, 9.17) is 21.4 Å². The largest absolute Gasteiger partial charge is 0.481 e. The van der Waals surface area contributed by atoms with E-state index in [9.17, 15) is 4.79 Å². The normalized spacial score (nSPS) is 24.3. The molecule has 0 aromatic carbocycles. The maximum atomic E-state index is 10.9. The summed E-state index contributed by atoms with van der Waals surface area (Å²) in [5, 5.41) is 12.1. The Labute approximate surface area is 96.6 Å². The molecular weight excluding hydrogens is 234 g/mol. The molecule has 0 saturated carbocycles. The van der Waals surface area contributed by atoms with E-state index in [1.54, 1.807) is 0 Å². The Kier molecular flexibility index (Phi) is 3.21. The average molecular weight is 244 g/mol. The molecule has 2 atom stereocenters. The fourth-order valence-electron chi connectivity index (χ4n) is 1.54. The Hall–Kier alpha value is -1.40. The Balaban J connectivity index is 2.06. The molecule has 0 amide bonds. The van der Waals surface area contributed by atoms with Gasteiger partial charge < -0.3 is 15.2 Å². The molecule has 2 unspecified atom stereocenters. The van der Waals surface area contributed by atoms with Gasteiger partial charge in [-0.25, -0.2) is 4.98 Å². The molecule has 16 heavy (non-hydrogen) atoms. The van der Waals surface area contributed by atoms with E-state index in [1.807, 2.05) is 0 Å². The van der Waals surface area contributed by atoms with Crippen LogP contribution in [0.25, 0.3) is 0 Å². The second-order valence-corrected chi connectivity index (χ2v) is 3.85. The van der Waals surface area contributed by atoms with Gasteiger partial charge in [0.2, 0.25) is 0 Å². The number of anilines is 1. The van der Waals surface area contributed by atoms with Crippen LogP contribution in [0.4, 0.5) is 5.82 Å². The summed E-state index contributed by atoms with van der Waals surface area (Å²) in [5.41, 5.74) is 0. The van der Waals surface area contributed by atoms with Gasteiger partial charge in [0.25, 0.3) is 0 Å². The molecule has 0 aliphatic carbocycles. The smallest absolute Gasteiger partial charge is 0.311 e. The van der Waals surface area contributed by atoms with Crippen molar-refractivity contribution in [2.24, 2.45) is 5.92 Å². The summed E-state index contributed by atoms with van der Waals surface area (Å²) in [6.45, 7) is 0.548. The van der Waals surface area contributed by atoms with Crippen molar-refractivity contribution in [2.75, 3.05) is 18.5 Å². The lowest BCUT2D eigenvalue weighted by atomic mass is 10.0. The summed E-state index contributed by atoms with van der Waals surface area (Å²) >= 11 is 5.67. The SMILES string of the molecule is O=C(O)C1COCC1Nc1cncc(Cl)n1. The Morgan fingerprint density at radius 3 is 3.06 bits per heavy atom. The molecule has 0 spiro atoms. The number of nitrogens with one attached hydrogen (secondary N) is 1. The van der Waals surface area contributed by atoms with Crippen LogP contribution in [0.5, 0.6) is 0 Å². The van der Waals surface area contributed by atoms with Gasteiger partial charge in [0.15, 0.2) is 0 Å². The Morgan fingerprint density at radius 2 is 2.38 bits per heavy atom. The minimum atomic E-state index is -0.884. The molecule has 6 nitrogen and oxygen atoms in total. The van der Waals surface area contributed by atoms with Crippen LogP contribution in [0.1, 0.15) is 0 Å². The van der Waals surface area contributed by atoms with Gasteiger partial charge in [0.05, 0.1) is 31.6 Å². The third-order valence-electron chi connectivity index (χ3n) is 2.34. The van der Waals surface area contributed by atoms with Crippen LogP contribution in [-0.2, 0) is 9.53 Å². The standard InChI is InChI=1S/C9H10ClN3O3/c10-7-1-11-2-8(13-7)12-6-4-16-3-5(6)9(14)15/h1-2,5-6H,3-4H2,(H,12,13)(H,14,15). The first-order chi connectivity index (χ1) is 7.66. The molecule has 0 bridgehead atoms. The molecule has 1 saturated heterocycles. The van der Waals surface area contributed by atoms with Crippen molar-refractivity contribution in [3.8, 4) is 0 Å². The average Bonchev–Trinajstić information content (AvgIpc) is 2.66. The summed E-state index contributed by atoms with van der Waals surface area (Å²) in [4.78, 5) is 18.7. The molecule has 7 heteroatoms. The number of hydrogen-bond acceptors (Lipinski definition) is 5. The first kappa shape index (κ1) is 11.1. The predicted octanol–water partition coefficient (Wildman–Crippen LogP) is 0.641. The van der Waals surface area contributed by atoms with Crippen molar-refractivity contribution in [2.45, 2.75) is 6.04 Å². The number of carbonyl (C=O) groups is 1. The number of aliphatic carboxylic acids is 1. The summed E-state index contributed by atoms with van der Waals surface area (Å²) in [6, 6.07) is -0.301. The lowest BCUT2D eigenvalue weighted by molar-refractivity contribution is -0.141. The monoisotopic (exact) mass is 243 g/mol. The second kappa shape index (κ2) is 4.63. The maximum Gasteiger partial charge on any atom is 0.311 e. The van der Waals surface area contributed by atoms with E-state index in [0.717, 1.165) is 0 Å². The number of carboxylic acid groups (broad SMARTS) is 1. The van der Waals surface area contributed by atoms with E-state index in [2.05, 4.69) is 15.3 Å². The van der Waals surface area contributed by atoms with Crippen LogP contribution >= 0.6 is 11.6 Å². The first-order valence-corrected chi connectivity index (χ1v) is 5.09. The van der Waals surface area contributed by atoms with Gasteiger partial charge in [-0.3, -0.25) is 9.78 Å². The fourth-order valence-corrected chi connectivity index (χ4v) is 1.69. The van der Waals surface area contributed by atoms with Gasteiger partial charge in [0, 0.05) is 0 Å². The van der Waals surface area contributed by atoms with Gasteiger partial charge in [-0.05, 0) is 0 Å². The van der Waals surface area contributed by atoms with Gasteiger partial charge in [-0.15, -0.1) is 0 Å². The molecule has 1 aliphatic rings. The third-order valence-corrected chi connectivity index (χ3v) is 2.52. The Morgan fingerprint density at radius 1 is 1.56 bits per heavy atom. The summed E-state index contributed by atoms with van der Waals surface area (Å²) in [7, 11) is 0. The molecule has 1 fully saturated rings. The number of nitrogens with zero attached hydrogens (tertiary/aromatic N) is 2. The van der Waals surface area contributed by atoms with Gasteiger partial charge in [-0.2, -0.15) is 0 Å². The fraction of sp³-hybridized carbons (Fsp3) is 0.444. The van der Waals surface area contributed by atoms with Crippen molar-refractivity contribution < 1.29 is 14.6 Å². The Bertz CT molecular complexity index is 401. The van der Waals surface area contributed by atoms with Crippen molar-refractivity contribution in [1.82, 2.24) is 9.97 Å². The molecular formula is C9H10ClN3O3. The number of hydrogen-bond donors (Lipinski definition) is 2. The molecule has 2 N–H and O–H groups in total. The van der Waals surface area contributed by atoms with Gasteiger partial charge in [0.1, 0.15) is 16.9 Å². The lowest BCUT2D eigenvalue weighted by Gasteiger charge is -2.15. The van der Waals surface area contributed by atoms with Crippen molar-refractivity contribution in [1.29, 1.82) is 0 Å². The van der Waals surface area contributed by atoms with Crippen LogP contribution in [0.3, 0.4) is 0 Å². The number of halogens is 1. The molecule has 2 rings (SSSR count). The van der Waals surface area contributed by atoms with E-state index in [0.29, 0.717) is 12.4 Å². The summed E-state index contributed by atoms with van der Waals surface area (Å²) < 4.78 is 5.11. The van der Waals surface area contributed by atoms with Crippen molar-refractivity contribution in [3.63, 3.8) is 0 Å². The van der Waals surface area contributed by atoms with E-state index < -0.39 is 11.9 Å². The first-order valence-electron chi connectivity index (χ1n) is 4.71. The van der Waals surface area contributed by atoms with E-state index >= 15 is 0 Å². The zero-order valence-corrected chi connectivity index (χ0v) is 9.02. The maximum absolute atomic E-state index is 10.9. The van der Waals surface area contributed by atoms with Crippen molar-refractivity contribution >= 4 is 23.4 Å². The summed E-state index contributed by atoms with van der Waals surface area (Å²) in [6.07, 6.45) is 2.90. The van der Waals surface area contributed by atoms with Gasteiger partial charge in [-0.1, -0.05) is 11.6 Å². The zero-order chi connectivity index (χ0) is 11.5. The topological polar surface area (TPSA) is 84.3 Å². The molecule has 0 radical (unpaired) electrons. The number of ether oxygens (including phenoxy) is 1. The highest BCUT2D eigenvalue weighted by Crippen LogP contribution is 2.18. The number of carboxylic acids is 1. The second-order valence-electron chi connectivity index (χ2n) is 3.46. The van der Waals surface area contributed by atoms with Crippen molar-refractivity contribution in [3.05, 3.63) is 17.5 Å². The molecule has 1 aromatic rings. The molecule has 86 valence electrons. The minimum absolute atomic E-state index is 0.209. The quantitative estimate of drug-likeness (QED) is 0.811. The van der Waals surface area contributed by atoms with E-state index in [1.165, 1.54) is 12.4 Å². The highest BCUT2D eigenvalue weighted by molar-refractivity contribution is 6.29. The third kappa shape index (κ3) is 2.40. The van der Waals surface area contributed by atoms with Crippen LogP contribution < -0.4 is 5.32 Å². The highest BCUT2D eigenvalue weighted by atomic mass is 35.5. The number of rotatable bonds is 3. The van der Waals surface area contributed by atoms with Crippen LogP contribution in [0.15, 0.2) is 12.4 Å². The zero-order valence-electron chi connectivity index (χ0n) is 8.26. The van der Waals surface area contributed by atoms with Gasteiger partial charge >= 0.3 is 5.97 Å². The molecule has 1 aromatic heterocycles. The predicted molar refractivity (Wildman–Crippen MR) is 56.4 cm³/mol. The molecule has 2 heterocycles. The molecule has 1 aliphatic heterocycles. The minimum Gasteiger partial charge on any atom is -0.481 e. The number of aromatic nitrogens is 2. The van der Waals surface area contributed by atoms with Crippen LogP contribution in [0, 0.1) is 5.92 Å². The van der Waals surface area contributed by atoms with Crippen LogP contribution in [0.2, 0.25) is 5.15 Å². The summed E-state index contributed by atoms with van der Waals surface area (Å²) in [5.74, 6) is -1.000. The van der Waals surface area contributed by atoms with Crippen LogP contribution in [-0.4, -0.2) is 40.3 Å². The highest BCUT2D eigenvalue weighted by Gasteiger charge is 2.34.